The zero-order chi connectivity index (χ0) is 22.5. The molecule has 1 aliphatic heterocycles. The Morgan fingerprint density at radius 3 is 2.69 bits per heavy atom. The summed E-state index contributed by atoms with van der Waals surface area (Å²) in [6.45, 7) is 2.09. The van der Waals surface area contributed by atoms with Gasteiger partial charge in [0.25, 0.3) is 5.91 Å². The number of likely N-dealkylation sites (tertiary alicyclic amines) is 1. The number of carbonyl (C=O) groups excluding carboxylic acids is 2. The van der Waals surface area contributed by atoms with Crippen LogP contribution in [0.25, 0.3) is 10.1 Å². The maximum atomic E-state index is 13.6. The fourth-order valence-corrected chi connectivity index (χ4v) is 5.79. The van der Waals surface area contributed by atoms with Gasteiger partial charge in [-0.25, -0.2) is 8.78 Å². The Hall–Kier alpha value is -2.09. The molecule has 8 heteroatoms. The quantitative estimate of drug-likeness (QED) is 0.594. The number of piperidine rings is 1. The SMILES string of the molecule is O=C(NCCCCC1CCN(C(=O)C2CCC(F)C(F)C2)CC1)c1cc2ccncc2s1. The van der Waals surface area contributed by atoms with Crippen LogP contribution < -0.4 is 5.32 Å². The van der Waals surface area contributed by atoms with Crippen molar-refractivity contribution in [2.75, 3.05) is 19.6 Å². The minimum Gasteiger partial charge on any atom is -0.351 e. The van der Waals surface area contributed by atoms with Gasteiger partial charge in [-0.05, 0) is 62.0 Å². The van der Waals surface area contributed by atoms with Crippen LogP contribution in [0, 0.1) is 11.8 Å². The molecule has 0 spiro atoms. The van der Waals surface area contributed by atoms with E-state index in [1.165, 1.54) is 11.3 Å². The third-order valence-electron chi connectivity index (χ3n) is 6.84. The molecule has 3 heterocycles. The summed E-state index contributed by atoms with van der Waals surface area (Å²) in [4.78, 5) is 31.6. The highest BCUT2D eigenvalue weighted by Crippen LogP contribution is 2.32. The van der Waals surface area contributed by atoms with E-state index < -0.39 is 12.3 Å². The Morgan fingerprint density at radius 2 is 1.94 bits per heavy atom. The number of alkyl halides is 2. The molecule has 1 aliphatic carbocycles. The van der Waals surface area contributed by atoms with E-state index in [-0.39, 0.29) is 30.6 Å². The van der Waals surface area contributed by atoms with E-state index in [0.29, 0.717) is 36.9 Å². The van der Waals surface area contributed by atoms with Crippen LogP contribution in [0.1, 0.15) is 61.0 Å². The van der Waals surface area contributed by atoms with Crippen molar-refractivity contribution in [1.29, 1.82) is 0 Å². The highest BCUT2D eigenvalue weighted by molar-refractivity contribution is 7.20. The van der Waals surface area contributed by atoms with E-state index in [0.717, 1.165) is 42.2 Å². The van der Waals surface area contributed by atoms with E-state index in [9.17, 15) is 18.4 Å². The largest absolute Gasteiger partial charge is 0.351 e. The number of unbranched alkanes of at least 4 members (excludes halogenated alkanes) is 1. The molecule has 1 N–H and O–H groups in total. The number of hydrogen-bond acceptors (Lipinski definition) is 4. The lowest BCUT2D eigenvalue weighted by Crippen LogP contribution is -2.44. The van der Waals surface area contributed by atoms with Crippen LogP contribution in [0.5, 0.6) is 0 Å². The zero-order valence-corrected chi connectivity index (χ0v) is 19.1. The molecule has 4 rings (SSSR count). The molecular weight excluding hydrogens is 432 g/mol. The summed E-state index contributed by atoms with van der Waals surface area (Å²) in [5, 5.41) is 4.04. The monoisotopic (exact) mass is 463 g/mol. The Labute approximate surface area is 191 Å². The number of pyridine rings is 1. The number of halogens is 2. The van der Waals surface area contributed by atoms with Crippen molar-refractivity contribution in [2.24, 2.45) is 11.8 Å². The maximum Gasteiger partial charge on any atom is 0.261 e. The van der Waals surface area contributed by atoms with Crippen molar-refractivity contribution in [3.8, 4) is 0 Å². The number of fused-ring (bicyclic) bond motifs is 1. The van der Waals surface area contributed by atoms with Crippen LogP contribution in [0.3, 0.4) is 0 Å². The van der Waals surface area contributed by atoms with E-state index >= 15 is 0 Å². The minimum atomic E-state index is -1.49. The molecule has 2 fully saturated rings. The van der Waals surface area contributed by atoms with Crippen molar-refractivity contribution >= 4 is 33.2 Å². The average molecular weight is 464 g/mol. The van der Waals surface area contributed by atoms with Gasteiger partial charge in [-0.2, -0.15) is 0 Å². The summed E-state index contributed by atoms with van der Waals surface area (Å²) >= 11 is 1.46. The van der Waals surface area contributed by atoms with Crippen molar-refractivity contribution in [3.05, 3.63) is 29.4 Å². The fraction of sp³-hybridized carbons (Fsp3) is 0.625. The van der Waals surface area contributed by atoms with Crippen LogP contribution >= 0.6 is 11.3 Å². The lowest BCUT2D eigenvalue weighted by Gasteiger charge is -2.36. The molecule has 5 nitrogen and oxygen atoms in total. The fourth-order valence-electron chi connectivity index (χ4n) is 4.85. The summed E-state index contributed by atoms with van der Waals surface area (Å²) in [6.07, 6.45) is 6.25. The molecule has 2 aromatic heterocycles. The predicted octanol–water partition coefficient (Wildman–Crippen LogP) is 4.91. The first-order valence-electron chi connectivity index (χ1n) is 11.7. The lowest BCUT2D eigenvalue weighted by molar-refractivity contribution is -0.139. The topological polar surface area (TPSA) is 62.3 Å². The molecule has 0 bridgehead atoms. The van der Waals surface area contributed by atoms with Gasteiger partial charge < -0.3 is 10.2 Å². The Balaban J connectivity index is 1.11. The Kier molecular flexibility index (Phi) is 7.71. The first-order valence-corrected chi connectivity index (χ1v) is 12.5. The molecule has 3 atom stereocenters. The number of thiophene rings is 1. The number of hydrogen-bond donors (Lipinski definition) is 1. The molecule has 0 radical (unpaired) electrons. The van der Waals surface area contributed by atoms with Gasteiger partial charge in [0.2, 0.25) is 5.91 Å². The van der Waals surface area contributed by atoms with Gasteiger partial charge >= 0.3 is 0 Å². The van der Waals surface area contributed by atoms with E-state index in [1.807, 2.05) is 17.0 Å². The smallest absolute Gasteiger partial charge is 0.261 e. The average Bonchev–Trinajstić information content (AvgIpc) is 3.25. The first kappa shape index (κ1) is 23.1. The second-order valence-electron chi connectivity index (χ2n) is 9.09. The number of amides is 2. The molecule has 174 valence electrons. The number of nitrogens with one attached hydrogen (secondary N) is 1. The number of rotatable bonds is 7. The van der Waals surface area contributed by atoms with Crippen molar-refractivity contribution in [2.45, 2.75) is 63.7 Å². The van der Waals surface area contributed by atoms with Gasteiger partial charge in [-0.1, -0.05) is 12.8 Å². The summed E-state index contributed by atoms with van der Waals surface area (Å²) in [7, 11) is 0. The third kappa shape index (κ3) is 5.63. The molecule has 2 aliphatic rings. The number of aromatic nitrogens is 1. The molecule has 3 unspecified atom stereocenters. The van der Waals surface area contributed by atoms with Gasteiger partial charge in [0, 0.05) is 37.9 Å². The van der Waals surface area contributed by atoms with Crippen LogP contribution in [0.15, 0.2) is 24.5 Å². The second-order valence-corrected chi connectivity index (χ2v) is 10.2. The predicted molar refractivity (Wildman–Crippen MR) is 122 cm³/mol. The highest BCUT2D eigenvalue weighted by atomic mass is 32.1. The Morgan fingerprint density at radius 1 is 1.12 bits per heavy atom. The van der Waals surface area contributed by atoms with Crippen LogP contribution in [0.4, 0.5) is 8.78 Å². The molecule has 2 aromatic rings. The lowest BCUT2D eigenvalue weighted by atomic mass is 9.84. The van der Waals surface area contributed by atoms with Gasteiger partial charge in [0.1, 0.15) is 12.3 Å². The molecule has 0 aromatic carbocycles. The van der Waals surface area contributed by atoms with Gasteiger partial charge in [-0.3, -0.25) is 14.6 Å². The van der Waals surface area contributed by atoms with Crippen molar-refractivity contribution in [1.82, 2.24) is 15.2 Å². The normalized spacial score (nSPS) is 24.6. The van der Waals surface area contributed by atoms with Gasteiger partial charge in [-0.15, -0.1) is 11.3 Å². The van der Waals surface area contributed by atoms with E-state index in [1.54, 1.807) is 12.4 Å². The maximum absolute atomic E-state index is 13.6. The first-order chi connectivity index (χ1) is 15.5. The third-order valence-corrected chi connectivity index (χ3v) is 7.92. The summed E-state index contributed by atoms with van der Waals surface area (Å²) in [5.41, 5.74) is 0. The number of carbonyl (C=O) groups is 2. The molecular formula is C24H31F2N3O2S. The van der Waals surface area contributed by atoms with Crippen molar-refractivity contribution < 1.29 is 18.4 Å². The zero-order valence-electron chi connectivity index (χ0n) is 18.3. The van der Waals surface area contributed by atoms with Crippen LogP contribution in [0.2, 0.25) is 0 Å². The van der Waals surface area contributed by atoms with Crippen LogP contribution in [-0.2, 0) is 4.79 Å². The van der Waals surface area contributed by atoms with Crippen LogP contribution in [-0.4, -0.2) is 53.7 Å². The van der Waals surface area contributed by atoms with Crippen molar-refractivity contribution in [3.63, 3.8) is 0 Å². The standard InChI is InChI=1S/C24H31F2N3O2S/c25-19-5-4-18(13-20(19)26)24(31)29-11-7-16(8-12-29)3-1-2-9-28-23(30)21-14-17-6-10-27-15-22(17)32-21/h6,10,14-16,18-20H,1-5,7-9,11-13H2,(H,28,30). The molecule has 2 amide bonds. The Bertz CT molecular complexity index is 896. The number of nitrogens with zero attached hydrogens (tertiary/aromatic N) is 2. The van der Waals surface area contributed by atoms with Gasteiger partial charge in [0.05, 0.1) is 9.58 Å². The van der Waals surface area contributed by atoms with E-state index in [2.05, 4.69) is 10.3 Å². The summed E-state index contributed by atoms with van der Waals surface area (Å²) in [5.74, 6) is 0.211. The van der Waals surface area contributed by atoms with Gasteiger partial charge in [0.15, 0.2) is 0 Å². The molecule has 32 heavy (non-hydrogen) atoms. The summed E-state index contributed by atoms with van der Waals surface area (Å²) < 4.78 is 28.0. The molecule has 1 saturated heterocycles. The van der Waals surface area contributed by atoms with E-state index in [4.69, 9.17) is 0 Å². The summed E-state index contributed by atoms with van der Waals surface area (Å²) in [6, 6.07) is 3.82. The molecule has 1 saturated carbocycles. The highest BCUT2D eigenvalue weighted by Gasteiger charge is 2.36. The minimum absolute atomic E-state index is 0.0118. The second kappa shape index (κ2) is 10.7.